The first-order valence-electron chi connectivity index (χ1n) is 5.09. The normalized spacial score (nSPS) is 10.0. The van der Waals surface area contributed by atoms with Gasteiger partial charge in [0, 0.05) is 17.9 Å². The Morgan fingerprint density at radius 3 is 2.33 bits per heavy atom. The molecule has 2 aromatic heterocycles. The zero-order valence-corrected chi connectivity index (χ0v) is 9.57. The Morgan fingerprint density at radius 1 is 1.13 bits per heavy atom. The zero-order valence-electron chi connectivity index (χ0n) is 9.57. The van der Waals surface area contributed by atoms with Gasteiger partial charge in [-0.25, -0.2) is 0 Å². The monoisotopic (exact) mass is 199 g/mol. The number of pyridine rings is 1. The minimum atomic E-state index is 0.610. The summed E-state index contributed by atoms with van der Waals surface area (Å²) in [6, 6.07) is 6.62. The number of hydrogen-bond donors (Lipinski definition) is 0. The summed E-state index contributed by atoms with van der Waals surface area (Å²) in [4.78, 5) is 0. The molecule has 0 aliphatic carbocycles. The highest BCUT2D eigenvalue weighted by Crippen LogP contribution is 2.19. The average molecular weight is 199 g/mol. The van der Waals surface area contributed by atoms with Crippen molar-refractivity contribution in [3.8, 4) is 12.8 Å². The van der Waals surface area contributed by atoms with Crippen LogP contribution in [0.25, 0.3) is 5.52 Å². The Labute approximate surface area is 91.7 Å². The van der Waals surface area contributed by atoms with E-state index >= 15 is 0 Å². The molecule has 78 valence electrons. The molecule has 0 aliphatic rings. The largest absolute Gasteiger partial charge is 0.324 e. The second-order valence-corrected chi connectivity index (χ2v) is 3.91. The molecule has 0 amide bonds. The van der Waals surface area contributed by atoms with E-state index in [9.17, 15) is 0 Å². The van der Waals surface area contributed by atoms with Gasteiger partial charge >= 0.3 is 0 Å². The molecule has 2 rings (SSSR count). The van der Waals surface area contributed by atoms with E-state index in [1.54, 1.807) is 0 Å². The number of terminal acetylenes is 1. The van der Waals surface area contributed by atoms with Crippen molar-refractivity contribution in [3.63, 3.8) is 0 Å². The van der Waals surface area contributed by atoms with Crippen molar-refractivity contribution in [2.24, 2.45) is 0 Å². The molecule has 15 heavy (non-hydrogen) atoms. The Kier molecular flexibility index (Phi) is 3.57. The number of hydrogen-bond acceptors (Lipinski definition) is 0. The number of fused-ring (bicyclic) bond motifs is 1. The third-order valence-electron chi connectivity index (χ3n) is 2.56. The second-order valence-electron chi connectivity index (χ2n) is 3.91. The smallest absolute Gasteiger partial charge is 0.0481 e. The third kappa shape index (κ3) is 2.22. The Hall–Kier alpha value is -1.68. The highest BCUT2D eigenvalue weighted by molar-refractivity contribution is 5.56. The summed E-state index contributed by atoms with van der Waals surface area (Å²) in [5.74, 6) is 0.610. The van der Waals surface area contributed by atoms with Crippen LogP contribution in [0, 0.1) is 19.8 Å². The van der Waals surface area contributed by atoms with Crippen LogP contribution in [0.3, 0.4) is 0 Å². The molecule has 2 heterocycles. The van der Waals surface area contributed by atoms with E-state index in [1.165, 1.54) is 16.6 Å². The van der Waals surface area contributed by atoms with Crippen LogP contribution in [0.2, 0.25) is 0 Å². The van der Waals surface area contributed by atoms with Crippen molar-refractivity contribution >= 4 is 5.52 Å². The van der Waals surface area contributed by atoms with Crippen molar-refractivity contribution in [2.45, 2.75) is 26.7 Å². The molecule has 0 aromatic carbocycles. The summed E-state index contributed by atoms with van der Waals surface area (Å²) in [6.45, 7) is 6.60. The molecule has 2 aromatic rings. The number of aromatic nitrogens is 1. The summed E-state index contributed by atoms with van der Waals surface area (Å²) in [6.07, 6.45) is 12.2. The lowest BCUT2D eigenvalue weighted by Gasteiger charge is -2.06. The van der Waals surface area contributed by atoms with E-state index in [4.69, 9.17) is 0 Å². The summed E-state index contributed by atoms with van der Waals surface area (Å²) >= 11 is 0. The molecule has 0 atom stereocenters. The standard InChI is InChI=1S/C12H15N.C2H2/c1-9(2)11-5-7-13-6-4-10(3)12(13)8-11;1-2/h4-9H,1-3H3;1-2H. The van der Waals surface area contributed by atoms with Crippen LogP contribution in [0.1, 0.15) is 30.9 Å². The maximum atomic E-state index is 4.00. The molecular formula is C14H17N. The zero-order chi connectivity index (χ0) is 11.4. The number of aryl methyl sites for hydroxylation is 1. The van der Waals surface area contributed by atoms with Crippen LogP contribution in [0.15, 0.2) is 30.6 Å². The second kappa shape index (κ2) is 4.70. The summed E-state index contributed by atoms with van der Waals surface area (Å²) < 4.78 is 2.17. The summed E-state index contributed by atoms with van der Waals surface area (Å²) in [7, 11) is 0. The molecule has 0 N–H and O–H groups in total. The SMILES string of the molecule is C#C.Cc1ccn2ccc(C(C)C)cc12. The maximum Gasteiger partial charge on any atom is 0.0481 e. The quantitative estimate of drug-likeness (QED) is 0.618. The molecule has 0 aliphatic heterocycles. The van der Waals surface area contributed by atoms with E-state index in [1.807, 2.05) is 0 Å². The first-order chi connectivity index (χ1) is 7.18. The van der Waals surface area contributed by atoms with E-state index in [0.29, 0.717) is 5.92 Å². The lowest BCUT2D eigenvalue weighted by Crippen LogP contribution is -1.90. The molecule has 0 spiro atoms. The first-order valence-corrected chi connectivity index (χ1v) is 5.09. The van der Waals surface area contributed by atoms with Gasteiger partial charge in [-0.1, -0.05) is 13.8 Å². The van der Waals surface area contributed by atoms with Gasteiger partial charge in [0.25, 0.3) is 0 Å². The highest BCUT2D eigenvalue weighted by atomic mass is 14.8. The summed E-state index contributed by atoms with van der Waals surface area (Å²) in [5.41, 5.74) is 4.09. The lowest BCUT2D eigenvalue weighted by molar-refractivity contribution is 0.863. The molecule has 0 fully saturated rings. The van der Waals surface area contributed by atoms with Crippen molar-refractivity contribution in [1.29, 1.82) is 0 Å². The first kappa shape index (κ1) is 11.4. The van der Waals surface area contributed by atoms with Gasteiger partial charge in [-0.3, -0.25) is 0 Å². The van der Waals surface area contributed by atoms with Gasteiger partial charge < -0.3 is 4.40 Å². The van der Waals surface area contributed by atoms with Gasteiger partial charge in [-0.2, -0.15) is 0 Å². The molecule has 0 radical (unpaired) electrons. The Bertz CT molecular complexity index is 460. The molecule has 0 saturated heterocycles. The summed E-state index contributed by atoms with van der Waals surface area (Å²) in [5, 5.41) is 0. The average Bonchev–Trinajstić information content (AvgIpc) is 2.63. The fraction of sp³-hybridized carbons (Fsp3) is 0.286. The molecule has 0 saturated carbocycles. The predicted molar refractivity (Wildman–Crippen MR) is 66.1 cm³/mol. The third-order valence-corrected chi connectivity index (χ3v) is 2.56. The van der Waals surface area contributed by atoms with Crippen LogP contribution in [-0.4, -0.2) is 4.40 Å². The van der Waals surface area contributed by atoms with Crippen molar-refractivity contribution < 1.29 is 0 Å². The van der Waals surface area contributed by atoms with E-state index in [0.717, 1.165) is 0 Å². The van der Waals surface area contributed by atoms with Crippen LogP contribution < -0.4 is 0 Å². The minimum Gasteiger partial charge on any atom is -0.324 e. The fourth-order valence-corrected chi connectivity index (χ4v) is 1.61. The topological polar surface area (TPSA) is 4.41 Å². The lowest BCUT2D eigenvalue weighted by atomic mass is 10.0. The van der Waals surface area contributed by atoms with Gasteiger partial charge in [0.05, 0.1) is 0 Å². The van der Waals surface area contributed by atoms with Gasteiger partial charge in [-0.05, 0) is 42.2 Å². The van der Waals surface area contributed by atoms with Gasteiger partial charge in [0.15, 0.2) is 0 Å². The Morgan fingerprint density at radius 2 is 1.73 bits per heavy atom. The molecule has 0 unspecified atom stereocenters. The van der Waals surface area contributed by atoms with Crippen LogP contribution >= 0.6 is 0 Å². The highest BCUT2D eigenvalue weighted by Gasteiger charge is 2.02. The van der Waals surface area contributed by atoms with Crippen LogP contribution in [0.4, 0.5) is 0 Å². The maximum absolute atomic E-state index is 4.00. The molecule has 0 bridgehead atoms. The minimum absolute atomic E-state index is 0.610. The van der Waals surface area contributed by atoms with Gasteiger partial charge in [0.2, 0.25) is 0 Å². The molecule has 1 nitrogen and oxygen atoms in total. The number of nitrogens with zero attached hydrogens (tertiary/aromatic N) is 1. The van der Waals surface area contributed by atoms with Gasteiger partial charge in [0.1, 0.15) is 0 Å². The Balaban J connectivity index is 0.000000531. The predicted octanol–water partition coefficient (Wildman–Crippen LogP) is 3.62. The molecule has 1 heteroatoms. The van der Waals surface area contributed by atoms with E-state index in [2.05, 4.69) is 68.6 Å². The van der Waals surface area contributed by atoms with Crippen molar-refractivity contribution in [2.75, 3.05) is 0 Å². The number of rotatable bonds is 1. The van der Waals surface area contributed by atoms with Crippen LogP contribution in [-0.2, 0) is 0 Å². The van der Waals surface area contributed by atoms with Crippen molar-refractivity contribution in [3.05, 3.63) is 41.7 Å². The molecular weight excluding hydrogens is 182 g/mol. The van der Waals surface area contributed by atoms with E-state index in [-0.39, 0.29) is 0 Å². The van der Waals surface area contributed by atoms with Gasteiger partial charge in [-0.15, -0.1) is 12.8 Å². The van der Waals surface area contributed by atoms with Crippen LogP contribution in [0.5, 0.6) is 0 Å². The van der Waals surface area contributed by atoms with E-state index < -0.39 is 0 Å². The van der Waals surface area contributed by atoms with Crippen molar-refractivity contribution in [1.82, 2.24) is 4.40 Å². The fourth-order valence-electron chi connectivity index (χ4n) is 1.61.